The van der Waals surface area contributed by atoms with E-state index < -0.39 is 11.4 Å². The number of carbonyl (C=O) groups is 1. The number of hydrogen-bond donors (Lipinski definition) is 0. The minimum absolute atomic E-state index is 0.245. The first-order chi connectivity index (χ1) is 16.5. The molecule has 3 heterocycles. The standard InChI is InChI=1S/C26H22ClN3O3S/c1-2-33-25(31)22-15-30-23-13-19(6-7-20(23)21(27)14-24(30)29-22)34-18-5-3-4-17(12-18)26(16-28)8-10-32-11-9-26/h3-7,12-15H,2,8-11H2,1H3. The predicted octanol–water partition coefficient (Wildman–Crippen LogP) is 6.04. The highest BCUT2D eigenvalue weighted by Gasteiger charge is 2.34. The first-order valence-electron chi connectivity index (χ1n) is 11.1. The minimum Gasteiger partial charge on any atom is -0.461 e. The third-order valence-corrected chi connectivity index (χ3v) is 7.43. The number of fused-ring (bicyclic) bond motifs is 3. The van der Waals surface area contributed by atoms with E-state index in [2.05, 4.69) is 17.1 Å². The van der Waals surface area contributed by atoms with Gasteiger partial charge in [-0.2, -0.15) is 5.26 Å². The van der Waals surface area contributed by atoms with E-state index in [4.69, 9.17) is 21.1 Å². The average Bonchev–Trinajstić information content (AvgIpc) is 3.29. The van der Waals surface area contributed by atoms with Gasteiger partial charge in [0.1, 0.15) is 5.65 Å². The quantitative estimate of drug-likeness (QED) is 0.317. The summed E-state index contributed by atoms with van der Waals surface area (Å²) in [7, 11) is 0. The van der Waals surface area contributed by atoms with E-state index in [1.54, 1.807) is 30.9 Å². The SMILES string of the molecule is CCOC(=O)c1cn2c(cc(Cl)c3ccc(Sc4cccc(C5(C#N)CCOCC5)c4)cc32)n1. The van der Waals surface area contributed by atoms with Crippen LogP contribution in [-0.4, -0.2) is 35.2 Å². The molecule has 0 saturated carbocycles. The Labute approximate surface area is 206 Å². The lowest BCUT2D eigenvalue weighted by molar-refractivity contribution is 0.0520. The Morgan fingerprint density at radius 3 is 2.79 bits per heavy atom. The topological polar surface area (TPSA) is 76.6 Å². The van der Waals surface area contributed by atoms with Crippen LogP contribution in [0.4, 0.5) is 0 Å². The Hall–Kier alpha value is -3.05. The van der Waals surface area contributed by atoms with E-state index in [0.29, 0.717) is 36.7 Å². The molecule has 0 atom stereocenters. The van der Waals surface area contributed by atoms with Gasteiger partial charge in [0.05, 0.1) is 28.6 Å². The lowest BCUT2D eigenvalue weighted by atomic mass is 9.75. The fourth-order valence-electron chi connectivity index (χ4n) is 4.34. The van der Waals surface area contributed by atoms with E-state index >= 15 is 0 Å². The monoisotopic (exact) mass is 491 g/mol. The zero-order valence-corrected chi connectivity index (χ0v) is 20.2. The molecule has 0 spiro atoms. The fraction of sp³-hybridized carbons (Fsp3) is 0.269. The average molecular weight is 492 g/mol. The molecule has 1 aliphatic rings. The van der Waals surface area contributed by atoms with Crippen molar-refractivity contribution in [2.75, 3.05) is 19.8 Å². The second-order valence-corrected chi connectivity index (χ2v) is 9.74. The van der Waals surface area contributed by atoms with Crippen LogP contribution in [0.25, 0.3) is 16.6 Å². The van der Waals surface area contributed by atoms with Gasteiger partial charge in [-0.3, -0.25) is 4.40 Å². The zero-order valence-electron chi connectivity index (χ0n) is 18.6. The molecule has 172 valence electrons. The third kappa shape index (κ3) is 4.14. The normalized spacial score (nSPS) is 15.3. The third-order valence-electron chi connectivity index (χ3n) is 6.14. The number of nitriles is 1. The molecule has 0 bridgehead atoms. The molecule has 2 aromatic heterocycles. The smallest absolute Gasteiger partial charge is 0.358 e. The van der Waals surface area contributed by atoms with Gasteiger partial charge in [0.2, 0.25) is 0 Å². The van der Waals surface area contributed by atoms with Gasteiger partial charge in [0.25, 0.3) is 0 Å². The Morgan fingerprint density at radius 1 is 1.24 bits per heavy atom. The molecule has 0 amide bonds. The van der Waals surface area contributed by atoms with Crippen LogP contribution in [0.3, 0.4) is 0 Å². The van der Waals surface area contributed by atoms with Crippen molar-refractivity contribution >= 4 is 45.9 Å². The fourth-order valence-corrected chi connectivity index (χ4v) is 5.51. The minimum atomic E-state index is -0.502. The van der Waals surface area contributed by atoms with Crippen molar-refractivity contribution in [2.45, 2.75) is 35.0 Å². The maximum Gasteiger partial charge on any atom is 0.358 e. The molecule has 0 N–H and O–H groups in total. The van der Waals surface area contributed by atoms with Crippen LogP contribution < -0.4 is 0 Å². The molecule has 2 aromatic carbocycles. The van der Waals surface area contributed by atoms with E-state index in [9.17, 15) is 10.1 Å². The Morgan fingerprint density at radius 2 is 2.03 bits per heavy atom. The van der Waals surface area contributed by atoms with Crippen LogP contribution >= 0.6 is 23.4 Å². The number of rotatable bonds is 5. The maximum atomic E-state index is 12.2. The van der Waals surface area contributed by atoms with Gasteiger partial charge in [-0.25, -0.2) is 9.78 Å². The first-order valence-corrected chi connectivity index (χ1v) is 12.3. The second-order valence-electron chi connectivity index (χ2n) is 8.18. The number of aromatic nitrogens is 2. The van der Waals surface area contributed by atoms with Gasteiger partial charge < -0.3 is 9.47 Å². The maximum absolute atomic E-state index is 12.2. The number of nitrogens with zero attached hydrogens (tertiary/aromatic N) is 3. The van der Waals surface area contributed by atoms with Crippen LogP contribution in [0.5, 0.6) is 0 Å². The Kier molecular flexibility index (Phi) is 6.22. The highest BCUT2D eigenvalue weighted by molar-refractivity contribution is 7.99. The van der Waals surface area contributed by atoms with E-state index in [1.165, 1.54) is 0 Å². The van der Waals surface area contributed by atoms with Gasteiger partial charge in [0.15, 0.2) is 5.69 Å². The molecule has 5 rings (SSSR count). The summed E-state index contributed by atoms with van der Waals surface area (Å²) in [6.07, 6.45) is 3.09. The van der Waals surface area contributed by atoms with Crippen LogP contribution in [0.2, 0.25) is 5.02 Å². The molecular weight excluding hydrogens is 470 g/mol. The van der Waals surface area contributed by atoms with Crippen molar-refractivity contribution < 1.29 is 14.3 Å². The first kappa shape index (κ1) is 22.7. The Balaban J connectivity index is 1.52. The van der Waals surface area contributed by atoms with Gasteiger partial charge >= 0.3 is 5.97 Å². The number of esters is 1. The van der Waals surface area contributed by atoms with Gasteiger partial charge in [-0.15, -0.1) is 0 Å². The predicted molar refractivity (Wildman–Crippen MR) is 132 cm³/mol. The van der Waals surface area contributed by atoms with E-state index in [1.807, 2.05) is 40.8 Å². The Bertz CT molecular complexity index is 1440. The van der Waals surface area contributed by atoms with Crippen LogP contribution in [0, 0.1) is 11.3 Å². The summed E-state index contributed by atoms with van der Waals surface area (Å²) in [6.45, 7) is 3.25. The lowest BCUT2D eigenvalue weighted by Gasteiger charge is -2.31. The van der Waals surface area contributed by atoms with Crippen LogP contribution in [0.1, 0.15) is 35.8 Å². The molecule has 0 radical (unpaired) electrons. The summed E-state index contributed by atoms with van der Waals surface area (Å²) >= 11 is 8.14. The largest absolute Gasteiger partial charge is 0.461 e. The molecule has 1 fully saturated rings. The van der Waals surface area contributed by atoms with Gasteiger partial charge in [-0.05, 0) is 49.6 Å². The summed E-state index contributed by atoms with van der Waals surface area (Å²) in [5.74, 6) is -0.461. The van der Waals surface area contributed by atoms with E-state index in [0.717, 1.165) is 26.3 Å². The van der Waals surface area contributed by atoms with Gasteiger partial charge in [0, 0.05) is 40.7 Å². The molecule has 0 aliphatic carbocycles. The number of hydrogen-bond acceptors (Lipinski definition) is 6. The second kappa shape index (κ2) is 9.30. The van der Waals surface area contributed by atoms with Gasteiger partial charge in [-0.1, -0.05) is 41.6 Å². The summed E-state index contributed by atoms with van der Waals surface area (Å²) in [4.78, 5) is 18.6. The van der Waals surface area contributed by atoms with Crippen molar-refractivity contribution in [1.82, 2.24) is 9.38 Å². The van der Waals surface area contributed by atoms with Crippen LogP contribution in [0.15, 0.2) is 64.5 Å². The molecule has 1 saturated heterocycles. The number of halogens is 1. The highest BCUT2D eigenvalue weighted by atomic mass is 35.5. The van der Waals surface area contributed by atoms with Crippen molar-refractivity contribution in [3.63, 3.8) is 0 Å². The van der Waals surface area contributed by atoms with Crippen LogP contribution in [-0.2, 0) is 14.9 Å². The summed E-state index contributed by atoms with van der Waals surface area (Å²) < 4.78 is 12.4. The molecule has 34 heavy (non-hydrogen) atoms. The lowest BCUT2D eigenvalue weighted by Crippen LogP contribution is -2.32. The molecule has 6 nitrogen and oxygen atoms in total. The van der Waals surface area contributed by atoms with Crippen molar-refractivity contribution in [2.24, 2.45) is 0 Å². The molecule has 4 aromatic rings. The summed E-state index contributed by atoms with van der Waals surface area (Å²) in [5, 5.41) is 11.4. The number of benzene rings is 2. The number of pyridine rings is 1. The molecule has 0 unspecified atom stereocenters. The van der Waals surface area contributed by atoms with Crippen molar-refractivity contribution in [1.29, 1.82) is 5.26 Å². The van der Waals surface area contributed by atoms with Crippen molar-refractivity contribution in [3.05, 3.63) is 71.0 Å². The number of ether oxygens (including phenoxy) is 2. The summed E-state index contributed by atoms with van der Waals surface area (Å²) in [5.41, 5.74) is 2.21. The number of carbonyl (C=O) groups excluding carboxylic acids is 1. The van der Waals surface area contributed by atoms with E-state index in [-0.39, 0.29) is 12.3 Å². The number of imidazole rings is 1. The van der Waals surface area contributed by atoms with Crippen molar-refractivity contribution in [3.8, 4) is 6.07 Å². The highest BCUT2D eigenvalue weighted by Crippen LogP contribution is 2.38. The molecule has 1 aliphatic heterocycles. The zero-order chi connectivity index (χ0) is 23.7. The molecule has 8 heteroatoms. The molecular formula is C26H22ClN3O3S. The summed E-state index contributed by atoms with van der Waals surface area (Å²) in [6, 6.07) is 18.5.